The summed E-state index contributed by atoms with van der Waals surface area (Å²) in [7, 11) is 0. The van der Waals surface area contributed by atoms with Crippen LogP contribution in [-0.4, -0.2) is 6.54 Å². The SMILES string of the molecule is C=C(CN)C1(C)CCCCC1. The fraction of sp³-hybridized carbons (Fsp3) is 0.800. The highest BCUT2D eigenvalue weighted by molar-refractivity contribution is 5.10. The van der Waals surface area contributed by atoms with Gasteiger partial charge in [0.15, 0.2) is 0 Å². The van der Waals surface area contributed by atoms with Crippen molar-refractivity contribution in [3.05, 3.63) is 12.2 Å². The van der Waals surface area contributed by atoms with Crippen LogP contribution in [0.4, 0.5) is 0 Å². The maximum absolute atomic E-state index is 5.59. The highest BCUT2D eigenvalue weighted by atomic mass is 14.6. The second kappa shape index (κ2) is 3.40. The summed E-state index contributed by atoms with van der Waals surface area (Å²) in [6, 6.07) is 0. The molecule has 0 aromatic rings. The summed E-state index contributed by atoms with van der Waals surface area (Å²) >= 11 is 0. The van der Waals surface area contributed by atoms with Gasteiger partial charge in [-0.3, -0.25) is 0 Å². The Bertz CT molecular complexity index is 143. The van der Waals surface area contributed by atoms with E-state index in [1.54, 1.807) is 0 Å². The molecule has 1 fully saturated rings. The van der Waals surface area contributed by atoms with Crippen LogP contribution in [0.15, 0.2) is 12.2 Å². The summed E-state index contributed by atoms with van der Waals surface area (Å²) in [6.45, 7) is 7.01. The van der Waals surface area contributed by atoms with E-state index < -0.39 is 0 Å². The summed E-state index contributed by atoms with van der Waals surface area (Å²) in [6.07, 6.45) is 6.70. The van der Waals surface area contributed by atoms with E-state index in [-0.39, 0.29) is 0 Å². The fourth-order valence-corrected chi connectivity index (χ4v) is 1.93. The summed E-state index contributed by atoms with van der Waals surface area (Å²) in [5.74, 6) is 0. The molecule has 0 saturated heterocycles. The second-order valence-electron chi connectivity index (χ2n) is 3.93. The Morgan fingerprint density at radius 2 is 1.91 bits per heavy atom. The van der Waals surface area contributed by atoms with Crippen molar-refractivity contribution < 1.29 is 0 Å². The van der Waals surface area contributed by atoms with Crippen LogP contribution in [0.5, 0.6) is 0 Å². The second-order valence-corrected chi connectivity index (χ2v) is 3.93. The van der Waals surface area contributed by atoms with Crippen LogP contribution in [0.3, 0.4) is 0 Å². The fourth-order valence-electron chi connectivity index (χ4n) is 1.93. The van der Waals surface area contributed by atoms with Gasteiger partial charge in [0, 0.05) is 6.54 Å². The molecule has 1 aliphatic rings. The van der Waals surface area contributed by atoms with Crippen molar-refractivity contribution in [2.24, 2.45) is 11.1 Å². The van der Waals surface area contributed by atoms with Gasteiger partial charge in [-0.25, -0.2) is 0 Å². The number of rotatable bonds is 2. The summed E-state index contributed by atoms with van der Waals surface area (Å²) in [5, 5.41) is 0. The standard InChI is InChI=1S/C10H19N/c1-9(8-11)10(2)6-4-3-5-7-10/h1,3-8,11H2,2H3. The zero-order valence-corrected chi connectivity index (χ0v) is 7.53. The zero-order valence-electron chi connectivity index (χ0n) is 7.53. The van der Waals surface area contributed by atoms with Crippen LogP contribution in [-0.2, 0) is 0 Å². The van der Waals surface area contributed by atoms with E-state index in [0.29, 0.717) is 12.0 Å². The van der Waals surface area contributed by atoms with Crippen molar-refractivity contribution in [2.75, 3.05) is 6.54 Å². The Morgan fingerprint density at radius 3 is 2.36 bits per heavy atom. The van der Waals surface area contributed by atoms with Crippen LogP contribution in [0.25, 0.3) is 0 Å². The Labute approximate surface area is 69.7 Å². The molecule has 11 heavy (non-hydrogen) atoms. The first kappa shape index (κ1) is 8.79. The van der Waals surface area contributed by atoms with Gasteiger partial charge in [0.05, 0.1) is 0 Å². The molecule has 0 radical (unpaired) electrons. The van der Waals surface area contributed by atoms with Crippen LogP contribution < -0.4 is 5.73 Å². The first-order valence-corrected chi connectivity index (χ1v) is 4.57. The highest BCUT2D eigenvalue weighted by Gasteiger charge is 2.28. The van der Waals surface area contributed by atoms with E-state index in [1.807, 2.05) is 0 Å². The molecule has 0 amide bonds. The molecule has 0 spiro atoms. The smallest absolute Gasteiger partial charge is 0.0139 e. The van der Waals surface area contributed by atoms with Gasteiger partial charge in [0.1, 0.15) is 0 Å². The number of hydrogen-bond acceptors (Lipinski definition) is 1. The molecule has 0 atom stereocenters. The van der Waals surface area contributed by atoms with E-state index in [0.717, 1.165) is 0 Å². The van der Waals surface area contributed by atoms with Crippen molar-refractivity contribution in [3.63, 3.8) is 0 Å². The molecule has 1 heteroatoms. The topological polar surface area (TPSA) is 26.0 Å². The van der Waals surface area contributed by atoms with Crippen molar-refractivity contribution in [2.45, 2.75) is 39.0 Å². The Balaban J connectivity index is 2.56. The molecule has 64 valence electrons. The minimum absolute atomic E-state index is 0.368. The molecular formula is C10H19N. The van der Waals surface area contributed by atoms with Gasteiger partial charge < -0.3 is 5.73 Å². The number of nitrogens with two attached hydrogens (primary N) is 1. The van der Waals surface area contributed by atoms with Gasteiger partial charge in [0.25, 0.3) is 0 Å². The molecule has 0 aromatic carbocycles. The summed E-state index contributed by atoms with van der Waals surface area (Å²) < 4.78 is 0. The zero-order chi connectivity index (χ0) is 8.32. The van der Waals surface area contributed by atoms with Crippen molar-refractivity contribution in [3.8, 4) is 0 Å². The van der Waals surface area contributed by atoms with E-state index in [1.165, 1.54) is 37.7 Å². The van der Waals surface area contributed by atoms with Crippen LogP contribution >= 0.6 is 0 Å². The molecule has 0 bridgehead atoms. The lowest BCUT2D eigenvalue weighted by Gasteiger charge is -2.35. The molecule has 1 rings (SSSR count). The average molecular weight is 153 g/mol. The Morgan fingerprint density at radius 1 is 1.36 bits per heavy atom. The van der Waals surface area contributed by atoms with Gasteiger partial charge in [-0.05, 0) is 18.3 Å². The van der Waals surface area contributed by atoms with Crippen molar-refractivity contribution in [1.82, 2.24) is 0 Å². The Kier molecular flexibility index (Phi) is 2.72. The minimum atomic E-state index is 0.368. The highest BCUT2D eigenvalue weighted by Crippen LogP contribution is 2.40. The molecule has 0 aliphatic heterocycles. The van der Waals surface area contributed by atoms with Crippen molar-refractivity contribution >= 4 is 0 Å². The molecule has 0 aromatic heterocycles. The molecule has 1 nitrogen and oxygen atoms in total. The minimum Gasteiger partial charge on any atom is -0.327 e. The summed E-state index contributed by atoms with van der Waals surface area (Å²) in [4.78, 5) is 0. The molecule has 0 heterocycles. The number of hydrogen-bond donors (Lipinski definition) is 1. The Hall–Kier alpha value is -0.300. The lowest BCUT2D eigenvalue weighted by atomic mass is 9.71. The van der Waals surface area contributed by atoms with Gasteiger partial charge in [-0.2, -0.15) is 0 Å². The predicted octanol–water partition coefficient (Wildman–Crippen LogP) is 2.47. The largest absolute Gasteiger partial charge is 0.327 e. The van der Waals surface area contributed by atoms with Gasteiger partial charge >= 0.3 is 0 Å². The third kappa shape index (κ3) is 1.84. The van der Waals surface area contributed by atoms with Crippen molar-refractivity contribution in [1.29, 1.82) is 0 Å². The van der Waals surface area contributed by atoms with E-state index in [9.17, 15) is 0 Å². The van der Waals surface area contributed by atoms with Crippen LogP contribution in [0, 0.1) is 5.41 Å². The monoisotopic (exact) mass is 153 g/mol. The molecular weight excluding hydrogens is 134 g/mol. The average Bonchev–Trinajstić information content (AvgIpc) is 2.04. The lowest BCUT2D eigenvalue weighted by molar-refractivity contribution is 0.265. The van der Waals surface area contributed by atoms with Gasteiger partial charge in [-0.15, -0.1) is 0 Å². The maximum Gasteiger partial charge on any atom is 0.0139 e. The summed E-state index contributed by atoms with van der Waals surface area (Å²) in [5.41, 5.74) is 7.20. The van der Waals surface area contributed by atoms with E-state index in [2.05, 4.69) is 13.5 Å². The predicted molar refractivity (Wildman–Crippen MR) is 49.4 cm³/mol. The molecule has 1 saturated carbocycles. The molecule has 0 unspecified atom stereocenters. The third-order valence-electron chi connectivity index (χ3n) is 3.06. The first-order valence-electron chi connectivity index (χ1n) is 4.57. The normalized spacial score (nSPS) is 23.1. The quantitative estimate of drug-likeness (QED) is 0.606. The maximum atomic E-state index is 5.59. The lowest BCUT2D eigenvalue weighted by Crippen LogP contribution is -2.26. The van der Waals surface area contributed by atoms with Crippen LogP contribution in [0.2, 0.25) is 0 Å². The van der Waals surface area contributed by atoms with Gasteiger partial charge in [0.2, 0.25) is 0 Å². The molecule has 2 N–H and O–H groups in total. The van der Waals surface area contributed by atoms with E-state index in [4.69, 9.17) is 5.73 Å². The van der Waals surface area contributed by atoms with E-state index >= 15 is 0 Å². The van der Waals surface area contributed by atoms with Gasteiger partial charge in [-0.1, -0.05) is 38.3 Å². The van der Waals surface area contributed by atoms with Crippen LogP contribution in [0.1, 0.15) is 39.0 Å². The first-order chi connectivity index (χ1) is 5.19. The molecule has 1 aliphatic carbocycles. The third-order valence-corrected chi connectivity index (χ3v) is 3.06.